The van der Waals surface area contributed by atoms with Gasteiger partial charge in [0.25, 0.3) is 0 Å². The van der Waals surface area contributed by atoms with Crippen LogP contribution in [0.15, 0.2) is 0 Å². The molecule has 0 aromatic rings. The third kappa shape index (κ3) is 8.68. The predicted octanol–water partition coefficient (Wildman–Crippen LogP) is 0.263. The summed E-state index contributed by atoms with van der Waals surface area (Å²) in [6, 6.07) is -0.342. The van der Waals surface area contributed by atoms with E-state index in [1.807, 2.05) is 6.92 Å². The minimum absolute atomic E-state index is 0.0678. The molecule has 1 unspecified atom stereocenters. The van der Waals surface area contributed by atoms with Crippen molar-refractivity contribution < 1.29 is 9.59 Å². The number of likely N-dealkylation sites (N-methyl/N-ethyl adjacent to an activating group) is 1. The van der Waals surface area contributed by atoms with E-state index in [9.17, 15) is 9.59 Å². The van der Waals surface area contributed by atoms with Crippen molar-refractivity contribution in [1.82, 2.24) is 16.0 Å². The fraction of sp³-hybridized carbons (Fsp3) is 0.833. The zero-order valence-corrected chi connectivity index (χ0v) is 11.3. The summed E-state index contributed by atoms with van der Waals surface area (Å²) in [7, 11) is 0. The van der Waals surface area contributed by atoms with Crippen LogP contribution < -0.4 is 16.0 Å². The summed E-state index contributed by atoms with van der Waals surface area (Å²) < 4.78 is 0. The Balaban J connectivity index is 3.65. The topological polar surface area (TPSA) is 70.2 Å². The van der Waals surface area contributed by atoms with Crippen LogP contribution in [0.5, 0.6) is 0 Å². The molecule has 0 spiro atoms. The largest absolute Gasteiger partial charge is 0.355 e. The molecule has 0 aromatic heterocycles. The number of amides is 2. The zero-order valence-electron chi connectivity index (χ0n) is 11.3. The van der Waals surface area contributed by atoms with Gasteiger partial charge in [0, 0.05) is 13.1 Å². The Labute approximate surface area is 104 Å². The smallest absolute Gasteiger partial charge is 0.236 e. The van der Waals surface area contributed by atoms with E-state index in [0.29, 0.717) is 19.0 Å². The van der Waals surface area contributed by atoms with E-state index in [4.69, 9.17) is 0 Å². The van der Waals surface area contributed by atoms with Crippen molar-refractivity contribution >= 4 is 11.8 Å². The zero-order chi connectivity index (χ0) is 13.3. The summed E-state index contributed by atoms with van der Waals surface area (Å²) in [5.74, 6) is 0.432. The van der Waals surface area contributed by atoms with Crippen molar-refractivity contribution in [3.8, 4) is 0 Å². The maximum absolute atomic E-state index is 11.4. The minimum atomic E-state index is -0.342. The number of carbonyl (C=O) groups is 2. The molecule has 0 heterocycles. The minimum Gasteiger partial charge on any atom is -0.355 e. The molecule has 0 saturated carbocycles. The molecule has 0 aliphatic rings. The lowest BCUT2D eigenvalue weighted by Gasteiger charge is -2.13. The summed E-state index contributed by atoms with van der Waals surface area (Å²) in [4.78, 5) is 22.8. The fourth-order valence-electron chi connectivity index (χ4n) is 1.23. The van der Waals surface area contributed by atoms with Crippen LogP contribution in [0, 0.1) is 5.92 Å². The van der Waals surface area contributed by atoms with Gasteiger partial charge in [0.2, 0.25) is 11.8 Å². The van der Waals surface area contributed by atoms with Gasteiger partial charge in [-0.1, -0.05) is 13.8 Å². The fourth-order valence-corrected chi connectivity index (χ4v) is 1.23. The van der Waals surface area contributed by atoms with Crippen LogP contribution in [-0.2, 0) is 9.59 Å². The summed E-state index contributed by atoms with van der Waals surface area (Å²) in [6.07, 6.45) is 0.970. The van der Waals surface area contributed by atoms with Gasteiger partial charge in [-0.25, -0.2) is 0 Å². The lowest BCUT2D eigenvalue weighted by Crippen LogP contribution is -2.46. The Kier molecular flexibility index (Phi) is 8.40. The first-order valence-electron chi connectivity index (χ1n) is 6.25. The lowest BCUT2D eigenvalue weighted by molar-refractivity contribution is -0.123. The molecular formula is C12H25N3O2. The van der Waals surface area contributed by atoms with E-state index < -0.39 is 0 Å². The first-order chi connectivity index (χ1) is 7.97. The molecule has 17 heavy (non-hydrogen) atoms. The summed E-state index contributed by atoms with van der Waals surface area (Å²) in [6.45, 7) is 9.30. The SMILES string of the molecule is CCNC(=O)C(C)NCC(=O)NCCC(C)C. The van der Waals surface area contributed by atoms with Crippen LogP contribution in [0.3, 0.4) is 0 Å². The van der Waals surface area contributed by atoms with Gasteiger partial charge in [-0.05, 0) is 26.2 Å². The molecule has 5 nitrogen and oxygen atoms in total. The van der Waals surface area contributed by atoms with Gasteiger partial charge in [0.05, 0.1) is 12.6 Å². The van der Waals surface area contributed by atoms with Gasteiger partial charge >= 0.3 is 0 Å². The molecule has 0 aliphatic heterocycles. The summed E-state index contributed by atoms with van der Waals surface area (Å²) in [5.41, 5.74) is 0. The molecule has 0 aromatic carbocycles. The highest BCUT2D eigenvalue weighted by Crippen LogP contribution is 1.95. The van der Waals surface area contributed by atoms with E-state index in [2.05, 4.69) is 29.8 Å². The Hall–Kier alpha value is -1.10. The molecule has 0 bridgehead atoms. The number of hydrogen-bond acceptors (Lipinski definition) is 3. The van der Waals surface area contributed by atoms with Gasteiger partial charge in [-0.2, -0.15) is 0 Å². The molecule has 1 atom stereocenters. The first kappa shape index (κ1) is 15.9. The Morgan fingerprint density at radius 1 is 1.12 bits per heavy atom. The average Bonchev–Trinajstić information content (AvgIpc) is 2.25. The molecule has 0 rings (SSSR count). The summed E-state index contributed by atoms with van der Waals surface area (Å²) >= 11 is 0. The van der Waals surface area contributed by atoms with Crippen LogP contribution in [0.25, 0.3) is 0 Å². The molecule has 0 saturated heterocycles. The maximum atomic E-state index is 11.4. The van der Waals surface area contributed by atoms with Gasteiger partial charge < -0.3 is 10.6 Å². The highest BCUT2D eigenvalue weighted by atomic mass is 16.2. The van der Waals surface area contributed by atoms with Gasteiger partial charge in [0.15, 0.2) is 0 Å². The Bertz CT molecular complexity index is 242. The standard InChI is InChI=1S/C12H25N3O2/c1-5-13-12(17)10(4)15-8-11(16)14-7-6-9(2)3/h9-10,15H,5-8H2,1-4H3,(H,13,17)(H,14,16). The van der Waals surface area contributed by atoms with Crippen molar-refractivity contribution in [2.75, 3.05) is 19.6 Å². The molecular weight excluding hydrogens is 218 g/mol. The Morgan fingerprint density at radius 2 is 1.76 bits per heavy atom. The quantitative estimate of drug-likeness (QED) is 0.573. The molecule has 0 radical (unpaired) electrons. The second kappa shape index (κ2) is 8.98. The highest BCUT2D eigenvalue weighted by molar-refractivity contribution is 5.83. The number of nitrogens with one attached hydrogen (secondary N) is 3. The summed E-state index contributed by atoms with van der Waals surface area (Å²) in [5, 5.41) is 8.38. The van der Waals surface area contributed by atoms with Crippen molar-refractivity contribution in [3.63, 3.8) is 0 Å². The van der Waals surface area contributed by atoms with Crippen molar-refractivity contribution in [3.05, 3.63) is 0 Å². The van der Waals surface area contributed by atoms with E-state index in [1.54, 1.807) is 6.92 Å². The van der Waals surface area contributed by atoms with E-state index >= 15 is 0 Å². The third-order valence-corrected chi connectivity index (χ3v) is 2.36. The molecule has 100 valence electrons. The van der Waals surface area contributed by atoms with E-state index in [1.165, 1.54) is 0 Å². The van der Waals surface area contributed by atoms with Crippen LogP contribution >= 0.6 is 0 Å². The van der Waals surface area contributed by atoms with Gasteiger partial charge in [0.1, 0.15) is 0 Å². The van der Waals surface area contributed by atoms with E-state index in [-0.39, 0.29) is 24.4 Å². The number of hydrogen-bond donors (Lipinski definition) is 3. The monoisotopic (exact) mass is 243 g/mol. The molecule has 5 heteroatoms. The van der Waals surface area contributed by atoms with E-state index in [0.717, 1.165) is 6.42 Å². The second-order valence-electron chi connectivity index (χ2n) is 4.53. The lowest BCUT2D eigenvalue weighted by atomic mass is 10.1. The molecule has 3 N–H and O–H groups in total. The molecule has 0 fully saturated rings. The van der Waals surface area contributed by atoms with Crippen molar-refractivity contribution in [2.45, 2.75) is 40.2 Å². The van der Waals surface area contributed by atoms with Gasteiger partial charge in [-0.15, -0.1) is 0 Å². The van der Waals surface area contributed by atoms with Crippen LogP contribution in [0.1, 0.15) is 34.1 Å². The number of rotatable bonds is 8. The normalized spacial score (nSPS) is 12.3. The number of carbonyl (C=O) groups excluding carboxylic acids is 2. The van der Waals surface area contributed by atoms with Gasteiger partial charge in [-0.3, -0.25) is 14.9 Å². The third-order valence-electron chi connectivity index (χ3n) is 2.36. The maximum Gasteiger partial charge on any atom is 0.236 e. The molecule has 2 amide bonds. The second-order valence-corrected chi connectivity index (χ2v) is 4.53. The van der Waals surface area contributed by atoms with Crippen molar-refractivity contribution in [1.29, 1.82) is 0 Å². The molecule has 0 aliphatic carbocycles. The highest BCUT2D eigenvalue weighted by Gasteiger charge is 2.12. The predicted molar refractivity (Wildman–Crippen MR) is 68.6 cm³/mol. The van der Waals surface area contributed by atoms with Crippen LogP contribution in [0.4, 0.5) is 0 Å². The first-order valence-corrected chi connectivity index (χ1v) is 6.25. The van der Waals surface area contributed by atoms with Crippen LogP contribution in [-0.4, -0.2) is 37.5 Å². The average molecular weight is 243 g/mol. The van der Waals surface area contributed by atoms with Crippen molar-refractivity contribution in [2.24, 2.45) is 5.92 Å². The van der Waals surface area contributed by atoms with Crippen LogP contribution in [0.2, 0.25) is 0 Å². The Morgan fingerprint density at radius 3 is 2.29 bits per heavy atom.